The molecule has 0 radical (unpaired) electrons. The van der Waals surface area contributed by atoms with Crippen molar-refractivity contribution >= 4 is 27.8 Å². The van der Waals surface area contributed by atoms with E-state index >= 15 is 0 Å². The Bertz CT molecular complexity index is 484. The van der Waals surface area contributed by atoms with E-state index in [1.165, 1.54) is 37.0 Å². The van der Waals surface area contributed by atoms with Gasteiger partial charge < -0.3 is 15.4 Å². The Hall–Kier alpha value is -1.23. The minimum absolute atomic E-state index is 0.0123. The van der Waals surface area contributed by atoms with Crippen LogP contribution >= 0.6 is 11.3 Å². The van der Waals surface area contributed by atoms with Crippen molar-refractivity contribution in [1.29, 1.82) is 0 Å². The fourth-order valence-corrected chi connectivity index (χ4v) is 4.00. The van der Waals surface area contributed by atoms with Crippen molar-refractivity contribution in [2.75, 3.05) is 30.8 Å². The summed E-state index contributed by atoms with van der Waals surface area (Å²) in [6.07, 6.45) is 4.92. The fourth-order valence-electron chi connectivity index (χ4n) is 2.86. The summed E-state index contributed by atoms with van der Waals surface area (Å²) in [6, 6.07) is 0. The van der Waals surface area contributed by atoms with Crippen molar-refractivity contribution in [3.05, 3.63) is 4.88 Å². The predicted octanol–water partition coefficient (Wildman–Crippen LogP) is 3.56. The molecule has 1 aromatic heterocycles. The van der Waals surface area contributed by atoms with Crippen molar-refractivity contribution in [3.63, 3.8) is 0 Å². The lowest BCUT2D eigenvalue weighted by Crippen LogP contribution is -2.23. The molecule has 2 rings (SSSR count). The fraction of sp³-hybridized carbons (Fsp3) is 0.667. The number of ether oxygens (including phenoxy) is 1. The number of nitrogen functional groups attached to an aromatic ring is 1. The highest BCUT2D eigenvalue weighted by Gasteiger charge is 2.25. The van der Waals surface area contributed by atoms with Crippen molar-refractivity contribution < 1.29 is 9.53 Å². The number of hydrogen-bond donors (Lipinski definition) is 1. The summed E-state index contributed by atoms with van der Waals surface area (Å²) in [6.45, 7) is 5.86. The SMILES string of the molecule is CCC1CCCN(c2sc(C(C)=O)c(N)c2OC)CC1. The van der Waals surface area contributed by atoms with Crippen molar-refractivity contribution in [1.82, 2.24) is 0 Å². The number of hydrogen-bond acceptors (Lipinski definition) is 5. The highest BCUT2D eigenvalue weighted by atomic mass is 32.1. The molecule has 1 aliphatic rings. The Labute approximate surface area is 124 Å². The molecule has 2 heterocycles. The topological polar surface area (TPSA) is 55.6 Å². The van der Waals surface area contributed by atoms with Crippen LogP contribution in [-0.2, 0) is 0 Å². The zero-order chi connectivity index (χ0) is 14.7. The average Bonchev–Trinajstić information content (AvgIpc) is 2.62. The van der Waals surface area contributed by atoms with Crippen LogP contribution in [0.5, 0.6) is 5.75 Å². The van der Waals surface area contributed by atoms with Gasteiger partial charge >= 0.3 is 0 Å². The zero-order valence-corrected chi connectivity index (χ0v) is 13.4. The van der Waals surface area contributed by atoms with Gasteiger partial charge in [0.1, 0.15) is 5.00 Å². The van der Waals surface area contributed by atoms with Gasteiger partial charge in [-0.15, -0.1) is 11.3 Å². The molecule has 0 aliphatic carbocycles. The van der Waals surface area contributed by atoms with Crippen LogP contribution in [0.3, 0.4) is 0 Å². The summed E-state index contributed by atoms with van der Waals surface area (Å²) in [5.74, 6) is 1.50. The number of thiophene rings is 1. The maximum absolute atomic E-state index is 11.7. The van der Waals surface area contributed by atoms with Crippen LogP contribution in [-0.4, -0.2) is 26.0 Å². The molecule has 0 spiro atoms. The molecule has 1 unspecified atom stereocenters. The van der Waals surface area contributed by atoms with E-state index in [4.69, 9.17) is 10.5 Å². The Morgan fingerprint density at radius 3 is 2.80 bits per heavy atom. The third-order valence-corrected chi connectivity index (χ3v) is 5.47. The van der Waals surface area contributed by atoms with Crippen LogP contribution < -0.4 is 15.4 Å². The van der Waals surface area contributed by atoms with E-state index in [0.29, 0.717) is 16.3 Å². The predicted molar refractivity (Wildman–Crippen MR) is 85.1 cm³/mol. The summed E-state index contributed by atoms with van der Waals surface area (Å²) in [5.41, 5.74) is 6.55. The number of ketones is 1. The number of carbonyl (C=O) groups excluding carboxylic acids is 1. The van der Waals surface area contributed by atoms with Crippen LogP contribution in [0.4, 0.5) is 10.7 Å². The Morgan fingerprint density at radius 1 is 1.45 bits per heavy atom. The summed E-state index contributed by atoms with van der Waals surface area (Å²) in [4.78, 5) is 14.6. The molecule has 4 nitrogen and oxygen atoms in total. The first-order valence-corrected chi connectivity index (χ1v) is 8.12. The Kier molecular flexibility index (Phi) is 4.91. The first-order valence-electron chi connectivity index (χ1n) is 7.30. The third-order valence-electron chi connectivity index (χ3n) is 4.12. The molecule has 1 saturated heterocycles. The summed E-state index contributed by atoms with van der Waals surface area (Å²) in [7, 11) is 1.62. The molecule has 2 N–H and O–H groups in total. The first-order chi connectivity index (χ1) is 9.58. The number of nitrogens with two attached hydrogens (primary N) is 1. The van der Waals surface area contributed by atoms with Gasteiger partial charge in [0.2, 0.25) is 0 Å². The highest BCUT2D eigenvalue weighted by Crippen LogP contribution is 2.45. The van der Waals surface area contributed by atoms with Gasteiger partial charge in [0.25, 0.3) is 0 Å². The maximum Gasteiger partial charge on any atom is 0.177 e. The molecule has 1 aliphatic heterocycles. The van der Waals surface area contributed by atoms with Gasteiger partial charge in [-0.05, 0) is 25.2 Å². The number of nitrogens with zero attached hydrogens (tertiary/aromatic N) is 1. The van der Waals surface area contributed by atoms with E-state index in [9.17, 15) is 4.79 Å². The largest absolute Gasteiger partial charge is 0.492 e. The number of anilines is 2. The molecule has 1 aromatic rings. The standard InChI is InChI=1S/C15H24N2O2S/c1-4-11-6-5-8-17(9-7-11)15-13(19-3)12(16)14(20-15)10(2)18/h11H,4-9,16H2,1-3H3. The van der Waals surface area contributed by atoms with Gasteiger partial charge in [0.05, 0.1) is 17.7 Å². The number of carbonyl (C=O) groups is 1. The van der Waals surface area contributed by atoms with Gasteiger partial charge in [-0.3, -0.25) is 4.79 Å². The quantitative estimate of drug-likeness (QED) is 0.863. The smallest absolute Gasteiger partial charge is 0.177 e. The summed E-state index contributed by atoms with van der Waals surface area (Å²) in [5, 5.41) is 1.02. The van der Waals surface area contributed by atoms with Gasteiger partial charge in [0.15, 0.2) is 11.5 Å². The second-order valence-electron chi connectivity index (χ2n) is 5.43. The maximum atomic E-state index is 11.7. The van der Waals surface area contributed by atoms with Gasteiger partial charge in [-0.25, -0.2) is 0 Å². The summed E-state index contributed by atoms with van der Waals surface area (Å²) >= 11 is 1.47. The lowest BCUT2D eigenvalue weighted by atomic mass is 9.98. The number of methoxy groups -OCH3 is 1. The first kappa shape index (κ1) is 15.2. The van der Waals surface area contributed by atoms with Gasteiger partial charge in [-0.1, -0.05) is 13.3 Å². The second kappa shape index (κ2) is 6.48. The number of Topliss-reactive ketones (excluding diaryl/α,β-unsaturated/α-hetero) is 1. The molecule has 0 aromatic carbocycles. The van der Waals surface area contributed by atoms with E-state index in [2.05, 4.69) is 11.8 Å². The monoisotopic (exact) mass is 296 g/mol. The molecule has 20 heavy (non-hydrogen) atoms. The molecule has 1 atom stereocenters. The highest BCUT2D eigenvalue weighted by molar-refractivity contribution is 7.19. The van der Waals surface area contributed by atoms with Gasteiger partial charge in [-0.2, -0.15) is 0 Å². The lowest BCUT2D eigenvalue weighted by Gasteiger charge is -2.22. The average molecular weight is 296 g/mol. The Balaban J connectivity index is 2.27. The molecule has 5 heteroatoms. The summed E-state index contributed by atoms with van der Waals surface area (Å²) < 4.78 is 5.45. The van der Waals surface area contributed by atoms with E-state index in [1.807, 2.05) is 0 Å². The molecule has 1 fully saturated rings. The van der Waals surface area contributed by atoms with E-state index in [1.54, 1.807) is 14.0 Å². The van der Waals surface area contributed by atoms with Crippen molar-refractivity contribution in [2.45, 2.75) is 39.5 Å². The number of rotatable bonds is 4. The lowest BCUT2D eigenvalue weighted by molar-refractivity contribution is 0.102. The van der Waals surface area contributed by atoms with Crippen LogP contribution in [0.2, 0.25) is 0 Å². The molecule has 0 saturated carbocycles. The van der Waals surface area contributed by atoms with E-state index in [0.717, 1.165) is 24.0 Å². The second-order valence-corrected chi connectivity index (χ2v) is 6.43. The minimum atomic E-state index is 0.0123. The normalized spacial score (nSPS) is 19.8. The molecular formula is C15H24N2O2S. The molecular weight excluding hydrogens is 272 g/mol. The van der Waals surface area contributed by atoms with Crippen LogP contribution in [0.15, 0.2) is 0 Å². The van der Waals surface area contributed by atoms with Crippen LogP contribution in [0, 0.1) is 5.92 Å². The van der Waals surface area contributed by atoms with Crippen molar-refractivity contribution in [3.8, 4) is 5.75 Å². The minimum Gasteiger partial charge on any atom is -0.492 e. The Morgan fingerprint density at radius 2 is 2.20 bits per heavy atom. The zero-order valence-electron chi connectivity index (χ0n) is 12.6. The van der Waals surface area contributed by atoms with Crippen LogP contribution in [0.1, 0.15) is 49.2 Å². The van der Waals surface area contributed by atoms with Gasteiger partial charge in [0, 0.05) is 20.0 Å². The molecule has 0 bridgehead atoms. The molecule has 0 amide bonds. The van der Waals surface area contributed by atoms with E-state index < -0.39 is 0 Å². The molecule has 112 valence electrons. The van der Waals surface area contributed by atoms with E-state index in [-0.39, 0.29) is 5.78 Å². The van der Waals surface area contributed by atoms with Crippen molar-refractivity contribution in [2.24, 2.45) is 5.92 Å². The third kappa shape index (κ3) is 2.92. The van der Waals surface area contributed by atoms with Crippen LogP contribution in [0.25, 0.3) is 0 Å².